The van der Waals surface area contributed by atoms with Crippen LogP contribution in [-0.4, -0.2) is 48.5 Å². The molecule has 0 saturated carbocycles. The molecule has 1 atom stereocenters. The molecule has 0 radical (unpaired) electrons. The predicted octanol–water partition coefficient (Wildman–Crippen LogP) is 0.255. The van der Waals surface area contributed by atoms with Crippen LogP contribution < -0.4 is 10.6 Å². The van der Waals surface area contributed by atoms with Gasteiger partial charge in [0.2, 0.25) is 5.91 Å². The Kier molecular flexibility index (Phi) is 4.52. The van der Waals surface area contributed by atoms with Gasteiger partial charge in [-0.2, -0.15) is 0 Å². The van der Waals surface area contributed by atoms with E-state index in [0.29, 0.717) is 18.2 Å². The third-order valence-corrected chi connectivity index (χ3v) is 3.25. The molecular weight excluding hydrogens is 252 g/mol. The molecule has 1 fully saturated rings. The third-order valence-electron chi connectivity index (χ3n) is 3.04. The zero-order valence-corrected chi connectivity index (χ0v) is 11.1. The van der Waals surface area contributed by atoms with E-state index in [1.165, 1.54) is 0 Å². The minimum absolute atomic E-state index is 0.0317. The SMILES string of the molecule is CNC(=O)C1CNCCN1Cc1cccc(Cl)n1. The van der Waals surface area contributed by atoms with E-state index in [1.807, 2.05) is 12.1 Å². The Balaban J connectivity index is 2.07. The van der Waals surface area contributed by atoms with Crippen molar-refractivity contribution in [2.75, 3.05) is 26.7 Å². The van der Waals surface area contributed by atoms with Crippen molar-refractivity contribution in [3.63, 3.8) is 0 Å². The second-order valence-electron chi connectivity index (χ2n) is 4.26. The summed E-state index contributed by atoms with van der Waals surface area (Å²) in [5.74, 6) is 0.0317. The summed E-state index contributed by atoms with van der Waals surface area (Å²) in [5.41, 5.74) is 0.887. The summed E-state index contributed by atoms with van der Waals surface area (Å²) in [6.07, 6.45) is 0. The predicted molar refractivity (Wildman–Crippen MR) is 70.4 cm³/mol. The lowest BCUT2D eigenvalue weighted by atomic mass is 10.1. The molecule has 6 heteroatoms. The van der Waals surface area contributed by atoms with Crippen molar-refractivity contribution in [3.05, 3.63) is 29.0 Å². The van der Waals surface area contributed by atoms with Gasteiger partial charge in [0, 0.05) is 33.2 Å². The molecule has 0 spiro atoms. The Bertz CT molecular complexity index is 426. The van der Waals surface area contributed by atoms with Crippen LogP contribution in [0.25, 0.3) is 0 Å². The van der Waals surface area contributed by atoms with Crippen molar-refractivity contribution < 1.29 is 4.79 Å². The van der Waals surface area contributed by atoms with Crippen LogP contribution in [0.5, 0.6) is 0 Å². The van der Waals surface area contributed by atoms with Crippen LogP contribution in [0, 0.1) is 0 Å². The first-order chi connectivity index (χ1) is 8.70. The fourth-order valence-electron chi connectivity index (χ4n) is 2.11. The monoisotopic (exact) mass is 268 g/mol. The van der Waals surface area contributed by atoms with E-state index in [9.17, 15) is 4.79 Å². The second-order valence-corrected chi connectivity index (χ2v) is 4.64. The van der Waals surface area contributed by atoms with Crippen molar-refractivity contribution in [3.8, 4) is 0 Å². The lowest BCUT2D eigenvalue weighted by Gasteiger charge is -2.34. The van der Waals surface area contributed by atoms with Gasteiger partial charge in [0.05, 0.1) is 5.69 Å². The molecule has 1 aliphatic rings. The quantitative estimate of drug-likeness (QED) is 0.772. The van der Waals surface area contributed by atoms with Crippen molar-refractivity contribution in [1.82, 2.24) is 20.5 Å². The average Bonchev–Trinajstić information content (AvgIpc) is 2.38. The van der Waals surface area contributed by atoms with Crippen LogP contribution in [0.2, 0.25) is 5.15 Å². The van der Waals surface area contributed by atoms with Crippen LogP contribution in [0.3, 0.4) is 0 Å². The molecule has 1 aromatic heterocycles. The van der Waals surface area contributed by atoms with Crippen molar-refractivity contribution in [1.29, 1.82) is 0 Å². The van der Waals surface area contributed by atoms with Gasteiger partial charge in [0.25, 0.3) is 0 Å². The number of halogens is 1. The molecule has 0 bridgehead atoms. The molecule has 0 aromatic carbocycles. The van der Waals surface area contributed by atoms with Crippen LogP contribution in [0.15, 0.2) is 18.2 Å². The molecule has 1 saturated heterocycles. The van der Waals surface area contributed by atoms with Gasteiger partial charge in [-0.15, -0.1) is 0 Å². The maximum Gasteiger partial charge on any atom is 0.238 e. The van der Waals surface area contributed by atoms with E-state index < -0.39 is 0 Å². The molecule has 1 aliphatic heterocycles. The lowest BCUT2D eigenvalue weighted by Crippen LogP contribution is -2.56. The summed E-state index contributed by atoms with van der Waals surface area (Å²) in [6.45, 7) is 3.01. The van der Waals surface area contributed by atoms with E-state index in [2.05, 4.69) is 20.5 Å². The molecular formula is C12H17ClN4O. The van der Waals surface area contributed by atoms with Gasteiger partial charge in [-0.05, 0) is 12.1 Å². The second kappa shape index (κ2) is 6.13. The van der Waals surface area contributed by atoms with E-state index in [-0.39, 0.29) is 11.9 Å². The van der Waals surface area contributed by atoms with Crippen LogP contribution in [-0.2, 0) is 11.3 Å². The molecule has 2 heterocycles. The summed E-state index contributed by atoms with van der Waals surface area (Å²) < 4.78 is 0. The summed E-state index contributed by atoms with van der Waals surface area (Å²) >= 11 is 5.87. The molecule has 1 unspecified atom stereocenters. The summed E-state index contributed by atoms with van der Waals surface area (Å²) in [6, 6.07) is 5.40. The number of nitrogens with zero attached hydrogens (tertiary/aromatic N) is 2. The van der Waals surface area contributed by atoms with Gasteiger partial charge in [-0.3, -0.25) is 9.69 Å². The maximum atomic E-state index is 11.8. The Morgan fingerprint density at radius 3 is 3.22 bits per heavy atom. The molecule has 2 N–H and O–H groups in total. The molecule has 5 nitrogen and oxygen atoms in total. The third kappa shape index (κ3) is 3.19. The summed E-state index contributed by atoms with van der Waals surface area (Å²) in [4.78, 5) is 18.2. The van der Waals surface area contributed by atoms with Crippen LogP contribution >= 0.6 is 11.6 Å². The zero-order valence-electron chi connectivity index (χ0n) is 10.3. The highest BCUT2D eigenvalue weighted by Gasteiger charge is 2.27. The van der Waals surface area contributed by atoms with Crippen LogP contribution in [0.1, 0.15) is 5.69 Å². The summed E-state index contributed by atoms with van der Waals surface area (Å²) in [5, 5.41) is 6.41. The lowest BCUT2D eigenvalue weighted by molar-refractivity contribution is -0.126. The van der Waals surface area contributed by atoms with Crippen LogP contribution in [0.4, 0.5) is 0 Å². The number of carbonyl (C=O) groups excluding carboxylic acids is 1. The van der Waals surface area contributed by atoms with Gasteiger partial charge in [0.1, 0.15) is 11.2 Å². The van der Waals surface area contributed by atoms with Crippen molar-refractivity contribution in [2.24, 2.45) is 0 Å². The zero-order chi connectivity index (χ0) is 13.0. The number of amides is 1. The fraction of sp³-hybridized carbons (Fsp3) is 0.500. The van der Waals surface area contributed by atoms with Gasteiger partial charge in [-0.1, -0.05) is 17.7 Å². The van der Waals surface area contributed by atoms with E-state index in [0.717, 1.165) is 18.8 Å². The number of pyridine rings is 1. The van der Waals surface area contributed by atoms with Crippen molar-refractivity contribution >= 4 is 17.5 Å². The molecule has 1 amide bonds. The smallest absolute Gasteiger partial charge is 0.238 e. The largest absolute Gasteiger partial charge is 0.358 e. The number of hydrogen-bond donors (Lipinski definition) is 2. The number of aromatic nitrogens is 1. The fourth-order valence-corrected chi connectivity index (χ4v) is 2.29. The molecule has 2 rings (SSSR count). The number of likely N-dealkylation sites (N-methyl/N-ethyl adjacent to an activating group) is 1. The van der Waals surface area contributed by atoms with Gasteiger partial charge in [0.15, 0.2) is 0 Å². The molecule has 98 valence electrons. The standard InChI is InChI=1S/C12H17ClN4O/c1-14-12(18)10-7-15-5-6-17(10)8-9-3-2-4-11(13)16-9/h2-4,10,15H,5-8H2,1H3,(H,14,18). The van der Waals surface area contributed by atoms with Gasteiger partial charge >= 0.3 is 0 Å². The highest BCUT2D eigenvalue weighted by atomic mass is 35.5. The molecule has 1 aromatic rings. The first kappa shape index (κ1) is 13.3. The minimum Gasteiger partial charge on any atom is -0.358 e. The Hall–Kier alpha value is -1.17. The molecule has 0 aliphatic carbocycles. The number of nitrogens with one attached hydrogen (secondary N) is 2. The van der Waals surface area contributed by atoms with Gasteiger partial charge < -0.3 is 10.6 Å². The Morgan fingerprint density at radius 1 is 1.67 bits per heavy atom. The number of carbonyl (C=O) groups is 1. The van der Waals surface area contributed by atoms with Gasteiger partial charge in [-0.25, -0.2) is 4.98 Å². The van der Waals surface area contributed by atoms with E-state index in [1.54, 1.807) is 13.1 Å². The first-order valence-electron chi connectivity index (χ1n) is 5.98. The highest BCUT2D eigenvalue weighted by Crippen LogP contribution is 2.11. The first-order valence-corrected chi connectivity index (χ1v) is 6.36. The van der Waals surface area contributed by atoms with Crippen molar-refractivity contribution in [2.45, 2.75) is 12.6 Å². The topological polar surface area (TPSA) is 57.3 Å². The minimum atomic E-state index is -0.149. The van der Waals surface area contributed by atoms with E-state index in [4.69, 9.17) is 11.6 Å². The Labute approximate surface area is 112 Å². The molecule has 18 heavy (non-hydrogen) atoms. The number of piperazine rings is 1. The summed E-state index contributed by atoms with van der Waals surface area (Å²) in [7, 11) is 1.66. The average molecular weight is 269 g/mol. The Morgan fingerprint density at radius 2 is 2.50 bits per heavy atom. The normalized spacial score (nSPS) is 20.7. The maximum absolute atomic E-state index is 11.8. The number of hydrogen-bond acceptors (Lipinski definition) is 4. The van der Waals surface area contributed by atoms with E-state index >= 15 is 0 Å². The number of rotatable bonds is 3. The highest BCUT2D eigenvalue weighted by molar-refractivity contribution is 6.29.